The summed E-state index contributed by atoms with van der Waals surface area (Å²) in [6, 6.07) is 7.45. The van der Waals surface area contributed by atoms with E-state index in [2.05, 4.69) is 10.2 Å². The first-order valence-corrected chi connectivity index (χ1v) is 9.70. The number of piperidine rings is 1. The molecule has 1 atom stereocenters. The molecule has 0 spiro atoms. The van der Waals surface area contributed by atoms with Gasteiger partial charge in [0.15, 0.2) is 0 Å². The third kappa shape index (κ3) is 3.11. The number of hydrogen-bond acceptors (Lipinski definition) is 6. The van der Waals surface area contributed by atoms with E-state index >= 15 is 0 Å². The highest BCUT2D eigenvalue weighted by atomic mass is 35.5. The smallest absolute Gasteiger partial charge is 0.263 e. The molecule has 1 aliphatic rings. The first kappa shape index (κ1) is 15.8. The van der Waals surface area contributed by atoms with Crippen LogP contribution in [0, 0.1) is 0 Å². The van der Waals surface area contributed by atoms with E-state index in [1.54, 1.807) is 23.5 Å². The summed E-state index contributed by atoms with van der Waals surface area (Å²) >= 11 is 8.82. The zero-order valence-electron chi connectivity index (χ0n) is 12.6. The molecule has 1 aliphatic heterocycles. The van der Waals surface area contributed by atoms with E-state index in [0.29, 0.717) is 27.5 Å². The molecule has 4 heterocycles. The molecule has 4 rings (SSSR count). The van der Waals surface area contributed by atoms with Crippen LogP contribution in [0.2, 0.25) is 4.34 Å². The molecule has 3 aromatic rings. The van der Waals surface area contributed by atoms with E-state index in [9.17, 15) is 4.79 Å². The van der Waals surface area contributed by atoms with E-state index in [-0.39, 0.29) is 11.8 Å². The summed E-state index contributed by atoms with van der Waals surface area (Å²) in [6.45, 7) is 1.34. The van der Waals surface area contributed by atoms with Crippen molar-refractivity contribution in [1.29, 1.82) is 0 Å². The molecule has 24 heavy (non-hydrogen) atoms. The van der Waals surface area contributed by atoms with Crippen LogP contribution in [0.15, 0.2) is 34.1 Å². The van der Waals surface area contributed by atoms with Gasteiger partial charge in [-0.25, -0.2) is 0 Å². The van der Waals surface area contributed by atoms with Crippen LogP contribution < -0.4 is 0 Å². The number of likely N-dealkylation sites (tertiary alicyclic amines) is 1. The number of amides is 1. The van der Waals surface area contributed by atoms with Crippen molar-refractivity contribution < 1.29 is 9.21 Å². The maximum atomic E-state index is 12.6. The van der Waals surface area contributed by atoms with E-state index in [4.69, 9.17) is 16.0 Å². The van der Waals surface area contributed by atoms with Crippen molar-refractivity contribution in [2.24, 2.45) is 0 Å². The molecular formula is C16H14ClN3O2S2. The summed E-state index contributed by atoms with van der Waals surface area (Å²) in [7, 11) is 0. The average Bonchev–Trinajstić information content (AvgIpc) is 3.35. The predicted molar refractivity (Wildman–Crippen MR) is 94.8 cm³/mol. The Balaban J connectivity index is 1.50. The lowest BCUT2D eigenvalue weighted by atomic mass is 9.98. The first-order chi connectivity index (χ1) is 11.7. The summed E-state index contributed by atoms with van der Waals surface area (Å²) < 4.78 is 6.47. The summed E-state index contributed by atoms with van der Waals surface area (Å²) in [5.74, 6) is 1.27. The number of hydrogen-bond donors (Lipinski definition) is 0. The second kappa shape index (κ2) is 6.66. The fraction of sp³-hybridized carbons (Fsp3) is 0.312. The normalized spacial score (nSPS) is 18.0. The molecule has 0 N–H and O–H groups in total. The molecule has 0 aliphatic carbocycles. The Labute approximate surface area is 151 Å². The first-order valence-electron chi connectivity index (χ1n) is 7.62. The Hall–Kier alpha value is -1.70. The number of nitrogens with zero attached hydrogens (tertiary/aromatic N) is 3. The van der Waals surface area contributed by atoms with E-state index in [1.165, 1.54) is 11.3 Å². The molecule has 3 aromatic heterocycles. The van der Waals surface area contributed by atoms with Crippen LogP contribution in [0.4, 0.5) is 0 Å². The Bertz CT molecular complexity index is 843. The zero-order valence-corrected chi connectivity index (χ0v) is 15.0. The minimum atomic E-state index is 0.0228. The lowest BCUT2D eigenvalue weighted by Crippen LogP contribution is -2.38. The van der Waals surface area contributed by atoms with Crippen LogP contribution in [0.25, 0.3) is 10.8 Å². The Morgan fingerprint density at radius 3 is 3.00 bits per heavy atom. The number of halogens is 1. The molecule has 0 saturated carbocycles. The van der Waals surface area contributed by atoms with Gasteiger partial charge in [-0.2, -0.15) is 0 Å². The largest absolute Gasteiger partial charge is 0.420 e. The maximum Gasteiger partial charge on any atom is 0.263 e. The molecule has 5 nitrogen and oxygen atoms in total. The van der Waals surface area contributed by atoms with Crippen molar-refractivity contribution in [2.45, 2.75) is 18.8 Å². The highest BCUT2D eigenvalue weighted by molar-refractivity contribution is 7.18. The van der Waals surface area contributed by atoms with Gasteiger partial charge < -0.3 is 9.32 Å². The molecular weight excluding hydrogens is 366 g/mol. The molecule has 1 unspecified atom stereocenters. The van der Waals surface area contributed by atoms with Gasteiger partial charge in [-0.1, -0.05) is 17.7 Å². The van der Waals surface area contributed by atoms with Gasteiger partial charge in [0.25, 0.3) is 11.8 Å². The SMILES string of the molecule is O=C(c1ccc(Cl)s1)N1CCCC(c2nnc(-c3cccs3)o2)C1. The van der Waals surface area contributed by atoms with Crippen LogP contribution in [0.1, 0.15) is 34.3 Å². The van der Waals surface area contributed by atoms with Crippen molar-refractivity contribution in [3.05, 3.63) is 44.7 Å². The highest BCUT2D eigenvalue weighted by Gasteiger charge is 2.29. The topological polar surface area (TPSA) is 59.2 Å². The quantitative estimate of drug-likeness (QED) is 0.670. The summed E-state index contributed by atoms with van der Waals surface area (Å²) in [4.78, 5) is 16.1. The lowest BCUT2D eigenvalue weighted by molar-refractivity contribution is 0.0703. The van der Waals surface area contributed by atoms with Gasteiger partial charge in [0.2, 0.25) is 5.89 Å². The highest BCUT2D eigenvalue weighted by Crippen LogP contribution is 2.31. The molecule has 8 heteroatoms. The van der Waals surface area contributed by atoms with Gasteiger partial charge in [-0.05, 0) is 36.4 Å². The zero-order chi connectivity index (χ0) is 16.5. The molecule has 0 aromatic carbocycles. The Morgan fingerprint density at radius 1 is 1.33 bits per heavy atom. The Kier molecular flexibility index (Phi) is 4.39. The van der Waals surface area contributed by atoms with Gasteiger partial charge in [0.05, 0.1) is 20.0 Å². The minimum Gasteiger partial charge on any atom is -0.420 e. The van der Waals surface area contributed by atoms with E-state index in [0.717, 1.165) is 24.3 Å². The summed E-state index contributed by atoms with van der Waals surface area (Å²) in [6.07, 6.45) is 1.87. The van der Waals surface area contributed by atoms with Crippen LogP contribution >= 0.6 is 34.3 Å². The number of rotatable bonds is 3. The second-order valence-corrected chi connectivity index (χ2v) is 8.28. The fourth-order valence-electron chi connectivity index (χ4n) is 2.85. The van der Waals surface area contributed by atoms with Crippen molar-refractivity contribution in [3.8, 4) is 10.8 Å². The third-order valence-corrected chi connectivity index (χ3v) is 6.09. The predicted octanol–water partition coefficient (Wildman–Crippen LogP) is 4.53. The van der Waals surface area contributed by atoms with Crippen molar-refractivity contribution in [3.63, 3.8) is 0 Å². The van der Waals surface area contributed by atoms with Gasteiger partial charge in [0.1, 0.15) is 0 Å². The average molecular weight is 380 g/mol. The van der Waals surface area contributed by atoms with Crippen LogP contribution in [0.5, 0.6) is 0 Å². The van der Waals surface area contributed by atoms with Gasteiger partial charge in [0, 0.05) is 13.1 Å². The van der Waals surface area contributed by atoms with Crippen LogP contribution in [-0.4, -0.2) is 34.1 Å². The molecule has 124 valence electrons. The molecule has 0 radical (unpaired) electrons. The fourth-order valence-corrected chi connectivity index (χ4v) is 4.50. The monoisotopic (exact) mass is 379 g/mol. The number of carbonyl (C=O) groups is 1. The second-order valence-electron chi connectivity index (χ2n) is 5.62. The molecule has 1 saturated heterocycles. The number of carbonyl (C=O) groups excluding carboxylic acids is 1. The number of thiophene rings is 2. The summed E-state index contributed by atoms with van der Waals surface area (Å²) in [5.41, 5.74) is 0. The summed E-state index contributed by atoms with van der Waals surface area (Å²) in [5, 5.41) is 10.3. The number of aromatic nitrogens is 2. The van der Waals surface area contributed by atoms with E-state index < -0.39 is 0 Å². The maximum absolute atomic E-state index is 12.6. The van der Waals surface area contributed by atoms with Gasteiger partial charge >= 0.3 is 0 Å². The Morgan fingerprint density at radius 2 is 2.25 bits per heavy atom. The van der Waals surface area contributed by atoms with Crippen LogP contribution in [0.3, 0.4) is 0 Å². The van der Waals surface area contributed by atoms with Gasteiger partial charge in [-0.15, -0.1) is 32.9 Å². The lowest BCUT2D eigenvalue weighted by Gasteiger charge is -2.30. The standard InChI is InChI=1S/C16H14ClN3O2S2/c17-13-6-5-12(24-13)16(21)20-7-1-3-10(9-20)14-18-19-15(22-14)11-4-2-8-23-11/h2,4-6,8,10H,1,3,7,9H2. The third-order valence-electron chi connectivity index (χ3n) is 4.01. The van der Waals surface area contributed by atoms with Crippen molar-refractivity contribution in [1.82, 2.24) is 15.1 Å². The molecule has 1 amide bonds. The van der Waals surface area contributed by atoms with E-state index in [1.807, 2.05) is 22.4 Å². The minimum absolute atomic E-state index is 0.0228. The van der Waals surface area contributed by atoms with Crippen LogP contribution in [-0.2, 0) is 0 Å². The molecule has 0 bridgehead atoms. The van der Waals surface area contributed by atoms with Gasteiger partial charge in [-0.3, -0.25) is 4.79 Å². The molecule has 1 fully saturated rings. The van der Waals surface area contributed by atoms with Crippen molar-refractivity contribution in [2.75, 3.05) is 13.1 Å². The van der Waals surface area contributed by atoms with Crippen molar-refractivity contribution >= 4 is 40.2 Å².